The lowest BCUT2D eigenvalue weighted by Gasteiger charge is -2.10. The van der Waals surface area contributed by atoms with Gasteiger partial charge in [-0.15, -0.1) is 0 Å². The van der Waals surface area contributed by atoms with Crippen molar-refractivity contribution in [2.45, 2.75) is 0 Å². The molecule has 0 radical (unpaired) electrons. The lowest BCUT2D eigenvalue weighted by molar-refractivity contribution is 0.456. The summed E-state index contributed by atoms with van der Waals surface area (Å²) in [6.45, 7) is 0. The van der Waals surface area contributed by atoms with Gasteiger partial charge in [-0.05, 0) is 97.1 Å². The molecule has 0 N–H and O–H groups in total. The van der Waals surface area contributed by atoms with Crippen molar-refractivity contribution in [1.82, 2.24) is 0 Å². The molecule has 0 saturated heterocycles. The van der Waals surface area contributed by atoms with Crippen LogP contribution >= 0.6 is 23.2 Å². The van der Waals surface area contributed by atoms with E-state index in [0.29, 0.717) is 21.5 Å². The van der Waals surface area contributed by atoms with Crippen LogP contribution in [0.15, 0.2) is 97.1 Å². The first kappa shape index (κ1) is 29.8. The third-order valence-electron chi connectivity index (χ3n) is 4.05. The Hall–Kier alpha value is -2.74. The predicted molar refractivity (Wildman–Crippen MR) is 149 cm³/mol. The minimum atomic E-state index is -3.52. The third-order valence-corrected chi connectivity index (χ3v) is 6.95. The number of rotatable bonds is 8. The molecule has 6 nitrogen and oxygen atoms in total. The van der Waals surface area contributed by atoms with E-state index in [2.05, 4.69) is 11.2 Å². The van der Waals surface area contributed by atoms with Crippen molar-refractivity contribution in [2.75, 3.05) is 0 Å². The molecule has 38 heavy (non-hydrogen) atoms. The van der Waals surface area contributed by atoms with E-state index in [1.54, 1.807) is 48.5 Å². The maximum Gasteiger partial charge on any atom is 0.361 e. The highest BCUT2D eigenvalue weighted by atomic mass is 35.5. The van der Waals surface area contributed by atoms with Crippen LogP contribution in [0.2, 0.25) is 10.0 Å². The molecule has 0 fully saturated rings. The van der Waals surface area contributed by atoms with Crippen LogP contribution in [0.1, 0.15) is 0 Å². The Morgan fingerprint density at radius 2 is 0.684 bits per heavy atom. The van der Waals surface area contributed by atoms with Gasteiger partial charge in [-0.3, -0.25) is 0 Å². The van der Waals surface area contributed by atoms with E-state index in [4.69, 9.17) is 51.1 Å². The Morgan fingerprint density at radius 1 is 0.474 bits per heavy atom. The Morgan fingerprint density at radius 3 is 0.921 bits per heavy atom. The minimum absolute atomic E-state index is 0.114. The fourth-order valence-corrected chi connectivity index (χ4v) is 5.12. The highest BCUT2D eigenvalue weighted by Crippen LogP contribution is 2.21. The van der Waals surface area contributed by atoms with Gasteiger partial charge in [0.2, 0.25) is 0 Å². The maximum absolute atomic E-state index is 12.7. The first-order chi connectivity index (χ1) is 17.9. The topological polar surface area (TPSA) is 71.1 Å². The SMILES string of the molecule is O=S(=S)(Oc1ccc(Cl)cc1)Oc1ccc(Cl)cc1.O=S(=S)(Oc1ccc(F)cc1)Oc1ccc(F)cc1. The molecule has 200 valence electrons. The Balaban J connectivity index is 0.000000211. The molecule has 0 unspecified atom stereocenters. The average Bonchev–Trinajstić information content (AvgIpc) is 2.85. The van der Waals surface area contributed by atoms with Crippen LogP contribution in [-0.2, 0) is 40.5 Å². The lowest BCUT2D eigenvalue weighted by atomic mass is 10.3. The number of hydrogen-bond donors (Lipinski definition) is 0. The van der Waals surface area contributed by atoms with E-state index in [9.17, 15) is 17.2 Å². The van der Waals surface area contributed by atoms with Crippen LogP contribution in [0.25, 0.3) is 0 Å². The van der Waals surface area contributed by atoms with Crippen molar-refractivity contribution in [2.24, 2.45) is 0 Å². The molecule has 0 spiro atoms. The Kier molecular flexibility index (Phi) is 10.5. The van der Waals surface area contributed by atoms with E-state index in [0.717, 1.165) is 24.3 Å². The van der Waals surface area contributed by atoms with Gasteiger partial charge < -0.3 is 16.7 Å². The molecule has 14 heteroatoms. The number of hydrogen-bond acceptors (Lipinski definition) is 8. The normalized spacial score (nSPS) is 11.1. The molecule has 4 aromatic carbocycles. The first-order valence-electron chi connectivity index (χ1n) is 10.2. The third kappa shape index (κ3) is 10.6. The smallest absolute Gasteiger partial charge is 0.361 e. The molecular weight excluding hydrogens is 621 g/mol. The standard InChI is InChI=1S/C12H8Cl2O3S2.C12H8F2O3S2/c2*13-9-1-5-11(6-2-9)16-19(15,18)17-12-7-3-10(14)4-8-12/h2*1-8H. The predicted octanol–water partition coefficient (Wildman–Crippen LogP) is 7.03. The van der Waals surface area contributed by atoms with Gasteiger partial charge in [-0.25, -0.2) is 8.78 Å². The highest BCUT2D eigenvalue weighted by Gasteiger charge is 2.12. The van der Waals surface area contributed by atoms with E-state index in [1.807, 2.05) is 0 Å². The Bertz CT molecular complexity index is 1320. The molecule has 0 heterocycles. The second-order valence-electron chi connectivity index (χ2n) is 6.97. The van der Waals surface area contributed by atoms with Crippen LogP contribution in [-0.4, -0.2) is 8.42 Å². The van der Waals surface area contributed by atoms with Gasteiger partial charge in [0.05, 0.1) is 22.4 Å². The summed E-state index contributed by atoms with van der Waals surface area (Å²) in [5.74, 6) is -0.0471. The maximum atomic E-state index is 12.7. The van der Waals surface area contributed by atoms with E-state index >= 15 is 0 Å². The second kappa shape index (κ2) is 13.4. The van der Waals surface area contributed by atoms with E-state index in [-0.39, 0.29) is 11.5 Å². The van der Waals surface area contributed by atoms with Crippen LogP contribution in [0.5, 0.6) is 23.0 Å². The lowest BCUT2D eigenvalue weighted by Crippen LogP contribution is -2.15. The van der Waals surface area contributed by atoms with Crippen LogP contribution in [0, 0.1) is 11.6 Å². The zero-order chi connectivity index (χ0) is 27.8. The van der Waals surface area contributed by atoms with Crippen molar-refractivity contribution >= 4 is 63.7 Å². The van der Waals surface area contributed by atoms with Crippen LogP contribution in [0.3, 0.4) is 0 Å². The minimum Gasteiger partial charge on any atom is -0.373 e. The molecule has 0 bridgehead atoms. The summed E-state index contributed by atoms with van der Waals surface area (Å²) in [5.41, 5.74) is 0. The molecule has 0 aliphatic rings. The van der Waals surface area contributed by atoms with Gasteiger partial charge in [0.1, 0.15) is 34.6 Å². The largest absolute Gasteiger partial charge is 0.373 e. The number of halogens is 4. The van der Waals surface area contributed by atoms with Crippen molar-refractivity contribution in [3.05, 3.63) is 119 Å². The van der Waals surface area contributed by atoms with Gasteiger partial charge in [0.25, 0.3) is 0 Å². The molecule has 0 atom stereocenters. The summed E-state index contributed by atoms with van der Waals surface area (Å²) in [7, 11) is -6.89. The van der Waals surface area contributed by atoms with E-state index < -0.39 is 29.7 Å². The first-order valence-corrected chi connectivity index (χ1v) is 15.6. The zero-order valence-corrected chi connectivity index (χ0v) is 23.6. The fourth-order valence-electron chi connectivity index (χ4n) is 2.47. The zero-order valence-electron chi connectivity index (χ0n) is 18.8. The van der Waals surface area contributed by atoms with Crippen molar-refractivity contribution in [3.63, 3.8) is 0 Å². The van der Waals surface area contributed by atoms with Crippen molar-refractivity contribution in [3.8, 4) is 23.0 Å². The Labute approximate surface area is 238 Å². The molecule has 0 aliphatic heterocycles. The van der Waals surface area contributed by atoms with Crippen molar-refractivity contribution < 1.29 is 33.9 Å². The van der Waals surface area contributed by atoms with Gasteiger partial charge in [0, 0.05) is 10.0 Å². The van der Waals surface area contributed by atoms with Gasteiger partial charge >= 0.3 is 18.1 Å². The van der Waals surface area contributed by atoms with Gasteiger partial charge in [-0.2, -0.15) is 8.42 Å². The summed E-state index contributed by atoms with van der Waals surface area (Å²) < 4.78 is 69.4. The van der Waals surface area contributed by atoms with Gasteiger partial charge in [-0.1, -0.05) is 23.2 Å². The highest BCUT2D eigenvalue weighted by molar-refractivity contribution is 8.28. The molecular formula is C24H16Cl2F2O6S4. The molecule has 4 aromatic rings. The van der Waals surface area contributed by atoms with Gasteiger partial charge in [0.15, 0.2) is 0 Å². The van der Waals surface area contributed by atoms with Crippen LogP contribution in [0.4, 0.5) is 8.78 Å². The summed E-state index contributed by atoms with van der Waals surface area (Å²) in [4.78, 5) is 0. The fraction of sp³-hybridized carbons (Fsp3) is 0. The van der Waals surface area contributed by atoms with E-state index in [1.165, 1.54) is 24.3 Å². The van der Waals surface area contributed by atoms with Crippen molar-refractivity contribution in [1.29, 1.82) is 0 Å². The second-order valence-corrected chi connectivity index (χ2v) is 12.6. The summed E-state index contributed by atoms with van der Waals surface area (Å²) >= 11 is 20.9. The molecule has 0 saturated carbocycles. The monoisotopic (exact) mass is 636 g/mol. The molecule has 4 rings (SSSR count). The quantitative estimate of drug-likeness (QED) is 0.204. The average molecular weight is 638 g/mol. The van der Waals surface area contributed by atoms with Crippen LogP contribution < -0.4 is 16.7 Å². The summed E-state index contributed by atoms with van der Waals surface area (Å²) in [6.07, 6.45) is 0. The molecule has 0 aliphatic carbocycles. The molecule has 0 amide bonds. The summed E-state index contributed by atoms with van der Waals surface area (Å²) in [6, 6.07) is 22.3. The number of benzene rings is 4. The summed E-state index contributed by atoms with van der Waals surface area (Å²) in [5, 5.41) is 1.09. The molecule has 0 aromatic heterocycles.